The Bertz CT molecular complexity index is 736. The highest BCUT2D eigenvalue weighted by Gasteiger charge is 2.18. The van der Waals surface area contributed by atoms with Crippen LogP contribution in [0.1, 0.15) is 43.6 Å². The third-order valence-electron chi connectivity index (χ3n) is 3.56. The number of fused-ring (bicyclic) bond motifs is 1. The van der Waals surface area contributed by atoms with E-state index >= 15 is 0 Å². The van der Waals surface area contributed by atoms with Gasteiger partial charge in [-0.05, 0) is 38.5 Å². The minimum Gasteiger partial charge on any atom is -0.462 e. The molecule has 5 heteroatoms. The highest BCUT2D eigenvalue weighted by molar-refractivity contribution is 5.93. The van der Waals surface area contributed by atoms with Gasteiger partial charge in [-0.1, -0.05) is 6.92 Å². The summed E-state index contributed by atoms with van der Waals surface area (Å²) in [4.78, 5) is 24.3. The molecule has 0 aliphatic carbocycles. The lowest BCUT2D eigenvalue weighted by Gasteiger charge is -2.18. The van der Waals surface area contributed by atoms with Crippen molar-refractivity contribution in [2.24, 2.45) is 0 Å². The summed E-state index contributed by atoms with van der Waals surface area (Å²) in [5.41, 5.74) is 0.0570. The summed E-state index contributed by atoms with van der Waals surface area (Å²) in [7, 11) is 0. The number of hydrogen-bond donors (Lipinski definition) is 0. The molecule has 0 spiro atoms. The maximum Gasteiger partial charge on any atom is 0.343 e. The minimum atomic E-state index is -0.675. The number of aromatic nitrogens is 1. The Hall–Kier alpha value is -2.17. The predicted octanol–water partition coefficient (Wildman–Crippen LogP) is 3.29. The van der Waals surface area contributed by atoms with Crippen LogP contribution in [-0.2, 0) is 4.74 Å². The Balaban J connectivity index is 2.79. The molecule has 0 saturated heterocycles. The van der Waals surface area contributed by atoms with E-state index in [4.69, 9.17) is 4.74 Å². The molecular weight excluding hydrogens is 273 g/mol. The second kappa shape index (κ2) is 6.08. The Kier molecular flexibility index (Phi) is 4.40. The SMILES string of the molecule is CCOC(=O)c1cn([C@H](C)CC)c2ccc(F)cc2c1=O. The van der Waals surface area contributed by atoms with Gasteiger partial charge in [-0.15, -0.1) is 0 Å². The summed E-state index contributed by atoms with van der Waals surface area (Å²) >= 11 is 0. The molecular formula is C16H18FNO3. The van der Waals surface area contributed by atoms with Gasteiger partial charge < -0.3 is 9.30 Å². The number of carbonyl (C=O) groups is 1. The first kappa shape index (κ1) is 15.2. The summed E-state index contributed by atoms with van der Waals surface area (Å²) in [5.74, 6) is -1.18. The lowest BCUT2D eigenvalue weighted by atomic mass is 10.1. The monoisotopic (exact) mass is 291 g/mol. The van der Waals surface area contributed by atoms with Crippen LogP contribution in [0.15, 0.2) is 29.2 Å². The van der Waals surface area contributed by atoms with Crippen LogP contribution in [0.5, 0.6) is 0 Å². The van der Waals surface area contributed by atoms with E-state index in [-0.39, 0.29) is 23.6 Å². The van der Waals surface area contributed by atoms with Crippen molar-refractivity contribution in [1.29, 1.82) is 0 Å². The topological polar surface area (TPSA) is 48.3 Å². The first-order valence-corrected chi connectivity index (χ1v) is 7.01. The van der Waals surface area contributed by atoms with Crippen molar-refractivity contribution in [1.82, 2.24) is 4.57 Å². The van der Waals surface area contributed by atoms with E-state index in [0.29, 0.717) is 5.52 Å². The van der Waals surface area contributed by atoms with Gasteiger partial charge in [0.1, 0.15) is 11.4 Å². The van der Waals surface area contributed by atoms with Crippen molar-refractivity contribution in [2.75, 3.05) is 6.61 Å². The van der Waals surface area contributed by atoms with Crippen molar-refractivity contribution in [3.05, 3.63) is 46.0 Å². The third-order valence-corrected chi connectivity index (χ3v) is 3.56. The smallest absolute Gasteiger partial charge is 0.343 e. The lowest BCUT2D eigenvalue weighted by Crippen LogP contribution is -2.22. The van der Waals surface area contributed by atoms with Gasteiger partial charge in [0.25, 0.3) is 0 Å². The van der Waals surface area contributed by atoms with E-state index in [9.17, 15) is 14.0 Å². The molecule has 0 amide bonds. The fourth-order valence-corrected chi connectivity index (χ4v) is 2.24. The van der Waals surface area contributed by atoms with Crippen LogP contribution in [-0.4, -0.2) is 17.1 Å². The molecule has 21 heavy (non-hydrogen) atoms. The fraction of sp³-hybridized carbons (Fsp3) is 0.375. The number of esters is 1. The molecule has 2 aromatic rings. The molecule has 0 aliphatic rings. The van der Waals surface area contributed by atoms with Gasteiger partial charge >= 0.3 is 5.97 Å². The Morgan fingerprint density at radius 3 is 2.71 bits per heavy atom. The second-order valence-corrected chi connectivity index (χ2v) is 4.92. The average molecular weight is 291 g/mol. The van der Waals surface area contributed by atoms with Crippen molar-refractivity contribution in [3.63, 3.8) is 0 Å². The van der Waals surface area contributed by atoms with Gasteiger partial charge in [0.2, 0.25) is 5.43 Å². The quantitative estimate of drug-likeness (QED) is 0.812. The number of rotatable bonds is 4. The Morgan fingerprint density at radius 1 is 1.38 bits per heavy atom. The molecule has 1 aromatic heterocycles. The van der Waals surface area contributed by atoms with Gasteiger partial charge in [-0.3, -0.25) is 4.79 Å². The van der Waals surface area contributed by atoms with Crippen LogP contribution in [0.2, 0.25) is 0 Å². The zero-order chi connectivity index (χ0) is 15.6. The van der Waals surface area contributed by atoms with Crippen LogP contribution in [0.25, 0.3) is 10.9 Å². The van der Waals surface area contributed by atoms with Gasteiger partial charge in [-0.25, -0.2) is 9.18 Å². The normalized spacial score (nSPS) is 12.4. The maximum atomic E-state index is 13.4. The highest BCUT2D eigenvalue weighted by atomic mass is 19.1. The number of carbonyl (C=O) groups excluding carboxylic acids is 1. The number of ether oxygens (including phenoxy) is 1. The summed E-state index contributed by atoms with van der Waals surface area (Å²) < 4.78 is 20.2. The van der Waals surface area contributed by atoms with E-state index in [0.717, 1.165) is 6.42 Å². The van der Waals surface area contributed by atoms with E-state index in [1.807, 2.05) is 18.4 Å². The highest BCUT2D eigenvalue weighted by Crippen LogP contribution is 2.20. The van der Waals surface area contributed by atoms with Crippen molar-refractivity contribution >= 4 is 16.9 Å². The molecule has 112 valence electrons. The average Bonchev–Trinajstić information content (AvgIpc) is 2.47. The first-order valence-electron chi connectivity index (χ1n) is 7.01. The van der Waals surface area contributed by atoms with Crippen LogP contribution in [0.3, 0.4) is 0 Å². The van der Waals surface area contributed by atoms with Crippen molar-refractivity contribution in [3.8, 4) is 0 Å². The van der Waals surface area contributed by atoms with Gasteiger partial charge in [-0.2, -0.15) is 0 Å². The summed E-state index contributed by atoms with van der Waals surface area (Å²) in [5, 5.41) is 0.195. The molecule has 4 nitrogen and oxygen atoms in total. The fourth-order valence-electron chi connectivity index (χ4n) is 2.24. The molecule has 1 heterocycles. The van der Waals surface area contributed by atoms with E-state index < -0.39 is 17.2 Å². The molecule has 1 aromatic carbocycles. The van der Waals surface area contributed by atoms with Crippen LogP contribution < -0.4 is 5.43 Å². The molecule has 0 unspecified atom stereocenters. The van der Waals surface area contributed by atoms with Gasteiger partial charge in [0.05, 0.1) is 12.1 Å². The summed E-state index contributed by atoms with van der Waals surface area (Å²) in [6, 6.07) is 4.11. The van der Waals surface area contributed by atoms with Crippen LogP contribution >= 0.6 is 0 Å². The molecule has 0 fully saturated rings. The zero-order valence-corrected chi connectivity index (χ0v) is 12.4. The molecule has 0 N–H and O–H groups in total. The van der Waals surface area contributed by atoms with E-state index in [1.165, 1.54) is 18.3 Å². The van der Waals surface area contributed by atoms with Crippen LogP contribution in [0.4, 0.5) is 4.39 Å². The van der Waals surface area contributed by atoms with Crippen LogP contribution in [0, 0.1) is 5.82 Å². The molecule has 0 radical (unpaired) electrons. The Morgan fingerprint density at radius 2 is 2.10 bits per heavy atom. The molecule has 1 atom stereocenters. The third kappa shape index (κ3) is 2.82. The van der Waals surface area contributed by atoms with Crippen molar-refractivity contribution in [2.45, 2.75) is 33.2 Å². The molecule has 0 aliphatic heterocycles. The van der Waals surface area contributed by atoms with E-state index in [1.54, 1.807) is 13.0 Å². The minimum absolute atomic E-state index is 0.0600. The number of benzene rings is 1. The lowest BCUT2D eigenvalue weighted by molar-refractivity contribution is 0.0524. The Labute approximate surface area is 122 Å². The first-order chi connectivity index (χ1) is 9.99. The number of nitrogens with zero attached hydrogens (tertiary/aromatic N) is 1. The summed E-state index contributed by atoms with van der Waals surface area (Å²) in [6.45, 7) is 5.83. The van der Waals surface area contributed by atoms with E-state index in [2.05, 4.69) is 0 Å². The zero-order valence-electron chi connectivity index (χ0n) is 12.4. The largest absolute Gasteiger partial charge is 0.462 e. The molecule has 2 rings (SSSR count). The van der Waals surface area contributed by atoms with Gasteiger partial charge in [0.15, 0.2) is 0 Å². The predicted molar refractivity (Wildman–Crippen MR) is 79.1 cm³/mol. The number of pyridine rings is 1. The molecule has 0 bridgehead atoms. The number of halogens is 1. The van der Waals surface area contributed by atoms with Gasteiger partial charge in [0, 0.05) is 17.6 Å². The molecule has 0 saturated carbocycles. The standard InChI is InChI=1S/C16H18FNO3/c1-4-10(3)18-9-13(16(20)21-5-2)15(19)12-8-11(17)6-7-14(12)18/h6-10H,4-5H2,1-3H3/t10-/m1/s1. The maximum absolute atomic E-state index is 13.4. The number of hydrogen-bond acceptors (Lipinski definition) is 3. The summed E-state index contributed by atoms with van der Waals surface area (Å²) in [6.07, 6.45) is 2.33. The van der Waals surface area contributed by atoms with Crippen molar-refractivity contribution < 1.29 is 13.9 Å². The second-order valence-electron chi connectivity index (χ2n) is 4.92.